The van der Waals surface area contributed by atoms with Crippen LogP contribution in [0.5, 0.6) is 0 Å². The molecule has 22 heavy (non-hydrogen) atoms. The number of benzene rings is 2. The van der Waals surface area contributed by atoms with Gasteiger partial charge in [-0.25, -0.2) is 4.39 Å². The summed E-state index contributed by atoms with van der Waals surface area (Å²) in [7, 11) is 0. The minimum Gasteiger partial charge on any atom is -0.392 e. The van der Waals surface area contributed by atoms with E-state index in [4.69, 9.17) is 0 Å². The summed E-state index contributed by atoms with van der Waals surface area (Å²) in [5, 5.41) is 9.61. The Hall–Kier alpha value is -2.46. The maximum atomic E-state index is 14.4. The van der Waals surface area contributed by atoms with Gasteiger partial charge in [0.25, 0.3) is 0 Å². The van der Waals surface area contributed by atoms with Crippen LogP contribution in [0.1, 0.15) is 12.5 Å². The molecule has 0 aliphatic rings. The summed E-state index contributed by atoms with van der Waals surface area (Å²) >= 11 is 0. The summed E-state index contributed by atoms with van der Waals surface area (Å²) in [5.74, 6) is -0.437. The summed E-state index contributed by atoms with van der Waals surface area (Å²) in [6, 6.07) is 11.6. The number of hydrogen-bond acceptors (Lipinski definition) is 2. The van der Waals surface area contributed by atoms with Crippen molar-refractivity contribution in [2.75, 3.05) is 0 Å². The molecule has 0 saturated heterocycles. The van der Waals surface area contributed by atoms with Gasteiger partial charge in [-0.15, -0.1) is 0 Å². The second-order valence-electron chi connectivity index (χ2n) is 5.17. The van der Waals surface area contributed by atoms with Crippen LogP contribution < -0.4 is 5.43 Å². The SMILES string of the molecule is CCn1ccc(=O)c2cc(F)c(-c3cccc(CO)c3)cc21. The van der Waals surface area contributed by atoms with E-state index in [0.29, 0.717) is 28.6 Å². The van der Waals surface area contributed by atoms with Crippen LogP contribution in [0.3, 0.4) is 0 Å². The van der Waals surface area contributed by atoms with Gasteiger partial charge >= 0.3 is 0 Å². The van der Waals surface area contributed by atoms with E-state index in [1.54, 1.807) is 36.5 Å². The Kier molecular flexibility index (Phi) is 3.77. The first-order valence-corrected chi connectivity index (χ1v) is 7.17. The first-order chi connectivity index (χ1) is 10.6. The van der Waals surface area contributed by atoms with Crippen LogP contribution in [0.4, 0.5) is 4.39 Å². The largest absolute Gasteiger partial charge is 0.392 e. The molecule has 0 fully saturated rings. The zero-order chi connectivity index (χ0) is 15.7. The van der Waals surface area contributed by atoms with Crippen molar-refractivity contribution in [2.24, 2.45) is 0 Å². The van der Waals surface area contributed by atoms with Gasteiger partial charge in [-0.05, 0) is 36.2 Å². The number of hydrogen-bond donors (Lipinski definition) is 1. The van der Waals surface area contributed by atoms with Crippen molar-refractivity contribution in [1.82, 2.24) is 4.57 Å². The number of rotatable bonds is 3. The minimum absolute atomic E-state index is 0.0945. The van der Waals surface area contributed by atoms with Crippen LogP contribution in [0.25, 0.3) is 22.0 Å². The number of aliphatic hydroxyl groups excluding tert-OH is 1. The molecule has 3 rings (SSSR count). The molecular weight excluding hydrogens is 281 g/mol. The van der Waals surface area contributed by atoms with Crippen LogP contribution in [0.15, 0.2) is 53.5 Å². The van der Waals surface area contributed by atoms with Crippen LogP contribution >= 0.6 is 0 Å². The van der Waals surface area contributed by atoms with Gasteiger partial charge in [0.1, 0.15) is 5.82 Å². The van der Waals surface area contributed by atoms with Crippen molar-refractivity contribution in [3.8, 4) is 11.1 Å². The third-order valence-corrected chi connectivity index (χ3v) is 3.83. The molecule has 112 valence electrons. The van der Waals surface area contributed by atoms with Crippen LogP contribution in [-0.2, 0) is 13.2 Å². The maximum Gasteiger partial charge on any atom is 0.189 e. The highest BCUT2D eigenvalue weighted by molar-refractivity contribution is 5.85. The Balaban J connectivity index is 2.30. The summed E-state index contributed by atoms with van der Waals surface area (Å²) in [5.41, 5.74) is 2.36. The number of aliphatic hydroxyl groups is 1. The molecule has 0 aliphatic carbocycles. The van der Waals surface area contributed by atoms with Crippen molar-refractivity contribution in [3.05, 3.63) is 70.3 Å². The maximum absolute atomic E-state index is 14.4. The predicted octanol–water partition coefficient (Wildman–Crippen LogP) is 3.32. The zero-order valence-corrected chi connectivity index (χ0v) is 12.2. The van der Waals surface area contributed by atoms with Gasteiger partial charge in [-0.3, -0.25) is 4.79 Å². The topological polar surface area (TPSA) is 42.2 Å². The molecule has 0 atom stereocenters. The lowest BCUT2D eigenvalue weighted by molar-refractivity contribution is 0.282. The van der Waals surface area contributed by atoms with Crippen molar-refractivity contribution < 1.29 is 9.50 Å². The Morgan fingerprint density at radius 3 is 2.73 bits per heavy atom. The fraction of sp³-hybridized carbons (Fsp3) is 0.167. The number of halogens is 1. The van der Waals surface area contributed by atoms with Crippen molar-refractivity contribution in [1.29, 1.82) is 0 Å². The van der Waals surface area contributed by atoms with Gasteiger partial charge in [-0.2, -0.15) is 0 Å². The fourth-order valence-corrected chi connectivity index (χ4v) is 2.66. The van der Waals surface area contributed by atoms with E-state index >= 15 is 0 Å². The van der Waals surface area contributed by atoms with E-state index in [2.05, 4.69) is 0 Å². The van der Waals surface area contributed by atoms with Gasteiger partial charge < -0.3 is 9.67 Å². The molecule has 0 unspecified atom stereocenters. The molecule has 0 radical (unpaired) electrons. The molecule has 1 heterocycles. The Morgan fingerprint density at radius 2 is 2.00 bits per heavy atom. The Bertz CT molecular complexity index is 899. The van der Waals surface area contributed by atoms with E-state index in [0.717, 1.165) is 5.56 Å². The Morgan fingerprint density at radius 1 is 1.18 bits per heavy atom. The summed E-state index contributed by atoms with van der Waals surface area (Å²) in [6.45, 7) is 2.57. The Labute approximate surface area is 127 Å². The average Bonchev–Trinajstić information content (AvgIpc) is 2.55. The molecule has 4 heteroatoms. The molecule has 1 aromatic heterocycles. The third kappa shape index (κ3) is 2.42. The van der Waals surface area contributed by atoms with Crippen molar-refractivity contribution in [2.45, 2.75) is 20.1 Å². The number of fused-ring (bicyclic) bond motifs is 1. The first-order valence-electron chi connectivity index (χ1n) is 7.17. The highest BCUT2D eigenvalue weighted by Crippen LogP contribution is 2.27. The zero-order valence-electron chi connectivity index (χ0n) is 12.2. The summed E-state index contributed by atoms with van der Waals surface area (Å²) < 4.78 is 16.4. The molecule has 0 spiro atoms. The number of pyridine rings is 1. The molecule has 1 N–H and O–H groups in total. The molecule has 0 saturated carbocycles. The first kappa shape index (κ1) is 14.5. The summed E-state index contributed by atoms with van der Waals surface area (Å²) in [4.78, 5) is 11.9. The smallest absolute Gasteiger partial charge is 0.189 e. The summed E-state index contributed by atoms with van der Waals surface area (Å²) in [6.07, 6.45) is 1.72. The predicted molar refractivity (Wildman–Crippen MR) is 85.2 cm³/mol. The molecule has 0 amide bonds. The number of nitrogens with zero attached hydrogens (tertiary/aromatic N) is 1. The highest BCUT2D eigenvalue weighted by atomic mass is 19.1. The average molecular weight is 297 g/mol. The molecule has 0 aliphatic heterocycles. The third-order valence-electron chi connectivity index (χ3n) is 3.83. The molecular formula is C18H16FNO2. The van der Waals surface area contributed by atoms with Crippen LogP contribution in [-0.4, -0.2) is 9.67 Å². The minimum atomic E-state index is -0.437. The van der Waals surface area contributed by atoms with Crippen LogP contribution in [0.2, 0.25) is 0 Å². The van der Waals surface area contributed by atoms with Crippen LogP contribution in [0, 0.1) is 5.82 Å². The van der Waals surface area contributed by atoms with Gasteiger partial charge in [-0.1, -0.05) is 18.2 Å². The quantitative estimate of drug-likeness (QED) is 0.806. The second kappa shape index (κ2) is 5.73. The van der Waals surface area contributed by atoms with Crippen molar-refractivity contribution in [3.63, 3.8) is 0 Å². The van der Waals surface area contributed by atoms with E-state index in [-0.39, 0.29) is 12.0 Å². The van der Waals surface area contributed by atoms with E-state index in [1.807, 2.05) is 11.5 Å². The normalized spacial score (nSPS) is 11.0. The molecule has 0 bridgehead atoms. The van der Waals surface area contributed by atoms with Gasteiger partial charge in [0, 0.05) is 29.8 Å². The monoisotopic (exact) mass is 297 g/mol. The molecule has 2 aromatic carbocycles. The van der Waals surface area contributed by atoms with E-state index in [9.17, 15) is 14.3 Å². The van der Waals surface area contributed by atoms with Gasteiger partial charge in [0.05, 0.1) is 12.1 Å². The van der Waals surface area contributed by atoms with Crippen molar-refractivity contribution >= 4 is 10.9 Å². The number of aromatic nitrogens is 1. The standard InChI is InChI=1S/C18H16FNO2/c1-2-20-7-6-18(22)15-9-16(19)14(10-17(15)20)13-5-3-4-12(8-13)11-21/h3-10,21H,2,11H2,1H3. The van der Waals surface area contributed by atoms with Gasteiger partial charge in [0.2, 0.25) is 0 Å². The lowest BCUT2D eigenvalue weighted by Gasteiger charge is -2.11. The number of aryl methyl sites for hydroxylation is 1. The van der Waals surface area contributed by atoms with Gasteiger partial charge in [0.15, 0.2) is 5.43 Å². The second-order valence-corrected chi connectivity index (χ2v) is 5.17. The van der Waals surface area contributed by atoms with E-state index in [1.165, 1.54) is 12.1 Å². The van der Waals surface area contributed by atoms with E-state index < -0.39 is 5.82 Å². The highest BCUT2D eigenvalue weighted by Gasteiger charge is 2.11. The lowest BCUT2D eigenvalue weighted by atomic mass is 10.0. The molecule has 3 nitrogen and oxygen atoms in total. The lowest BCUT2D eigenvalue weighted by Crippen LogP contribution is -2.08. The fourth-order valence-electron chi connectivity index (χ4n) is 2.66. The molecule has 3 aromatic rings.